The number of nitriles is 1. The van der Waals surface area contributed by atoms with Gasteiger partial charge in [-0.1, -0.05) is 0 Å². The van der Waals surface area contributed by atoms with Crippen LogP contribution in [0.1, 0.15) is 31.9 Å². The molecule has 7 nitrogen and oxygen atoms in total. The van der Waals surface area contributed by atoms with E-state index in [1.807, 2.05) is 19.9 Å². The van der Waals surface area contributed by atoms with Crippen molar-refractivity contribution in [1.29, 1.82) is 5.26 Å². The number of nitrogens with one attached hydrogen (secondary N) is 1. The molecule has 1 aromatic rings. The van der Waals surface area contributed by atoms with Crippen LogP contribution < -0.4 is 5.32 Å². The minimum Gasteiger partial charge on any atom is -0.391 e. The van der Waals surface area contributed by atoms with E-state index in [9.17, 15) is 9.90 Å². The predicted molar refractivity (Wildman–Crippen MR) is 68.5 cm³/mol. The molecule has 0 radical (unpaired) electrons. The lowest BCUT2D eigenvalue weighted by Gasteiger charge is -2.15. The van der Waals surface area contributed by atoms with Crippen molar-refractivity contribution >= 4 is 11.8 Å². The van der Waals surface area contributed by atoms with Gasteiger partial charge in [0.25, 0.3) is 0 Å². The highest BCUT2D eigenvalue weighted by atomic mass is 16.3. The van der Waals surface area contributed by atoms with Crippen LogP contribution in [0.2, 0.25) is 0 Å². The Balaban J connectivity index is 2.10. The van der Waals surface area contributed by atoms with Crippen molar-refractivity contribution in [1.82, 2.24) is 14.7 Å². The zero-order valence-electron chi connectivity index (χ0n) is 11.0. The van der Waals surface area contributed by atoms with Crippen molar-refractivity contribution in [2.45, 2.75) is 32.4 Å². The van der Waals surface area contributed by atoms with Gasteiger partial charge in [0, 0.05) is 25.3 Å². The maximum Gasteiger partial charge on any atom is 0.323 e. The van der Waals surface area contributed by atoms with Gasteiger partial charge in [-0.2, -0.15) is 10.4 Å². The maximum absolute atomic E-state index is 12.0. The average molecular weight is 263 g/mol. The first-order valence-corrected chi connectivity index (χ1v) is 6.24. The summed E-state index contributed by atoms with van der Waals surface area (Å²) in [5.41, 5.74) is 0.335. The van der Waals surface area contributed by atoms with Gasteiger partial charge in [-0.25, -0.2) is 4.79 Å². The second kappa shape index (κ2) is 5.28. The van der Waals surface area contributed by atoms with E-state index in [1.54, 1.807) is 10.9 Å². The van der Waals surface area contributed by atoms with Gasteiger partial charge in [0.15, 0.2) is 5.82 Å². The summed E-state index contributed by atoms with van der Waals surface area (Å²) >= 11 is 0. The van der Waals surface area contributed by atoms with E-state index in [2.05, 4.69) is 10.4 Å². The summed E-state index contributed by atoms with van der Waals surface area (Å²) in [4.78, 5) is 13.5. The van der Waals surface area contributed by atoms with Crippen LogP contribution in [0.5, 0.6) is 0 Å². The predicted octanol–water partition coefficient (Wildman–Crippen LogP) is 0.934. The van der Waals surface area contributed by atoms with Crippen LogP contribution in [0, 0.1) is 11.3 Å². The number of likely N-dealkylation sites (tertiary alicyclic amines) is 1. The van der Waals surface area contributed by atoms with Crippen LogP contribution in [-0.2, 0) is 0 Å². The zero-order valence-corrected chi connectivity index (χ0v) is 11.0. The number of hydrogen-bond donors (Lipinski definition) is 2. The van der Waals surface area contributed by atoms with Gasteiger partial charge in [0.2, 0.25) is 0 Å². The molecule has 0 aromatic carbocycles. The SMILES string of the molecule is CC(C)n1cc(C#N)c(NC(=O)N2CC[C@H](O)C2)n1. The number of hydrogen-bond acceptors (Lipinski definition) is 4. The Kier molecular flexibility index (Phi) is 3.71. The molecule has 0 unspecified atom stereocenters. The largest absolute Gasteiger partial charge is 0.391 e. The molecule has 1 aliphatic rings. The molecule has 1 saturated heterocycles. The summed E-state index contributed by atoms with van der Waals surface area (Å²) in [6.45, 7) is 4.71. The quantitative estimate of drug-likeness (QED) is 0.830. The number of nitrogens with zero attached hydrogens (tertiary/aromatic N) is 4. The Bertz CT molecular complexity index is 517. The molecule has 2 rings (SSSR count). The first-order chi connectivity index (χ1) is 9.01. The van der Waals surface area contributed by atoms with Crippen molar-refractivity contribution in [2.24, 2.45) is 0 Å². The minimum absolute atomic E-state index is 0.117. The Morgan fingerprint density at radius 3 is 2.95 bits per heavy atom. The number of rotatable bonds is 2. The number of aliphatic hydroxyl groups is 1. The molecule has 0 aliphatic carbocycles. The summed E-state index contributed by atoms with van der Waals surface area (Å²) in [5, 5.41) is 25.2. The molecule has 0 bridgehead atoms. The Labute approximate surface area is 111 Å². The molecule has 2 amide bonds. The fraction of sp³-hybridized carbons (Fsp3) is 0.583. The average Bonchev–Trinajstić information content (AvgIpc) is 2.95. The second-order valence-electron chi connectivity index (χ2n) is 4.90. The van der Waals surface area contributed by atoms with E-state index in [1.165, 1.54) is 4.90 Å². The van der Waals surface area contributed by atoms with Gasteiger partial charge in [-0.15, -0.1) is 0 Å². The number of urea groups is 1. The highest BCUT2D eigenvalue weighted by Crippen LogP contribution is 2.17. The summed E-state index contributed by atoms with van der Waals surface area (Å²) in [6.07, 6.45) is 1.73. The van der Waals surface area contributed by atoms with Crippen LogP contribution in [0.3, 0.4) is 0 Å². The van der Waals surface area contributed by atoms with Gasteiger partial charge in [-0.05, 0) is 20.3 Å². The monoisotopic (exact) mass is 263 g/mol. The zero-order chi connectivity index (χ0) is 14.0. The topological polar surface area (TPSA) is 94.2 Å². The standard InChI is InChI=1S/C12H17N5O2/c1-8(2)17-6-9(5-13)11(15-17)14-12(19)16-4-3-10(18)7-16/h6,8,10,18H,3-4,7H2,1-2H3,(H,14,15,19)/t10-/m0/s1. The smallest absolute Gasteiger partial charge is 0.323 e. The first kappa shape index (κ1) is 13.4. The molecule has 1 atom stereocenters. The van der Waals surface area contributed by atoms with Crippen LogP contribution in [0.15, 0.2) is 6.20 Å². The fourth-order valence-corrected chi connectivity index (χ4v) is 1.94. The molecule has 2 heterocycles. The normalized spacial score (nSPS) is 18.7. The van der Waals surface area contributed by atoms with Crippen LogP contribution >= 0.6 is 0 Å². The second-order valence-corrected chi connectivity index (χ2v) is 4.90. The lowest BCUT2D eigenvalue weighted by molar-refractivity contribution is 0.176. The fourth-order valence-electron chi connectivity index (χ4n) is 1.94. The van der Waals surface area contributed by atoms with E-state index in [0.717, 1.165) is 0 Å². The molecule has 1 aromatic heterocycles. The molecule has 0 spiro atoms. The number of anilines is 1. The number of aliphatic hydroxyl groups excluding tert-OH is 1. The number of amides is 2. The van der Waals surface area contributed by atoms with E-state index in [4.69, 9.17) is 5.26 Å². The molecular formula is C12H17N5O2. The third-order valence-corrected chi connectivity index (χ3v) is 3.06. The number of aromatic nitrogens is 2. The third kappa shape index (κ3) is 2.85. The summed E-state index contributed by atoms with van der Waals surface area (Å²) in [6, 6.07) is 1.80. The van der Waals surface area contributed by atoms with Crippen molar-refractivity contribution in [2.75, 3.05) is 18.4 Å². The van der Waals surface area contributed by atoms with Gasteiger partial charge in [-0.3, -0.25) is 10.00 Å². The molecule has 19 heavy (non-hydrogen) atoms. The van der Waals surface area contributed by atoms with Gasteiger partial charge < -0.3 is 10.0 Å². The van der Waals surface area contributed by atoms with Crippen LogP contribution in [-0.4, -0.2) is 45.0 Å². The van der Waals surface area contributed by atoms with Gasteiger partial charge in [0.05, 0.1) is 6.10 Å². The highest BCUT2D eigenvalue weighted by molar-refractivity contribution is 5.89. The Hall–Kier alpha value is -2.07. The maximum atomic E-state index is 12.0. The highest BCUT2D eigenvalue weighted by Gasteiger charge is 2.25. The molecular weight excluding hydrogens is 246 g/mol. The Morgan fingerprint density at radius 1 is 1.68 bits per heavy atom. The molecule has 0 saturated carbocycles. The number of β-amino-alcohol motifs (C(OH)–C–C–N with tert-alkyl or cyclic N) is 1. The van der Waals surface area contributed by atoms with E-state index >= 15 is 0 Å². The van der Waals surface area contributed by atoms with Gasteiger partial charge in [0.1, 0.15) is 11.6 Å². The number of carbonyl (C=O) groups excluding carboxylic acids is 1. The summed E-state index contributed by atoms with van der Waals surface area (Å²) in [7, 11) is 0. The Morgan fingerprint density at radius 2 is 2.42 bits per heavy atom. The van der Waals surface area contributed by atoms with E-state index in [0.29, 0.717) is 25.1 Å². The van der Waals surface area contributed by atoms with E-state index in [-0.39, 0.29) is 17.9 Å². The third-order valence-electron chi connectivity index (χ3n) is 3.06. The summed E-state index contributed by atoms with van der Waals surface area (Å²) in [5.74, 6) is 0.266. The van der Waals surface area contributed by atoms with E-state index < -0.39 is 6.10 Å². The van der Waals surface area contributed by atoms with Crippen molar-refractivity contribution in [3.63, 3.8) is 0 Å². The first-order valence-electron chi connectivity index (χ1n) is 6.24. The lowest BCUT2D eigenvalue weighted by atomic mass is 10.3. The van der Waals surface area contributed by atoms with Crippen LogP contribution in [0.4, 0.5) is 10.6 Å². The molecule has 1 aliphatic heterocycles. The minimum atomic E-state index is -0.464. The van der Waals surface area contributed by atoms with Crippen molar-refractivity contribution in [3.05, 3.63) is 11.8 Å². The number of carbonyl (C=O) groups is 1. The van der Waals surface area contributed by atoms with Crippen molar-refractivity contribution in [3.8, 4) is 6.07 Å². The summed E-state index contributed by atoms with van der Waals surface area (Å²) < 4.78 is 1.63. The molecule has 102 valence electrons. The lowest BCUT2D eigenvalue weighted by Crippen LogP contribution is -2.34. The van der Waals surface area contributed by atoms with Gasteiger partial charge >= 0.3 is 6.03 Å². The molecule has 2 N–H and O–H groups in total. The van der Waals surface area contributed by atoms with Crippen LogP contribution in [0.25, 0.3) is 0 Å². The molecule has 7 heteroatoms. The molecule has 1 fully saturated rings. The van der Waals surface area contributed by atoms with Crippen molar-refractivity contribution < 1.29 is 9.90 Å².